The summed E-state index contributed by atoms with van der Waals surface area (Å²) in [5.74, 6) is 1.29. The number of rotatable bonds is 3. The molecule has 17 heavy (non-hydrogen) atoms. The summed E-state index contributed by atoms with van der Waals surface area (Å²) < 4.78 is 1.99. The number of thioether (sulfide) groups is 1. The molecule has 2 aromatic rings. The van der Waals surface area contributed by atoms with E-state index in [0.29, 0.717) is 5.56 Å². The number of aromatic nitrogens is 2. The van der Waals surface area contributed by atoms with E-state index in [9.17, 15) is 4.79 Å². The summed E-state index contributed by atoms with van der Waals surface area (Å²) in [6, 6.07) is 3.65. The summed E-state index contributed by atoms with van der Waals surface area (Å²) in [6.45, 7) is 0. The van der Waals surface area contributed by atoms with E-state index in [-0.39, 0.29) is 0 Å². The topological polar surface area (TPSA) is 34.4 Å². The Hall–Kier alpha value is -1.29. The number of hydrogen-bond acceptors (Lipinski definition) is 3. The largest absolute Gasteiger partial charge is 0.307 e. The molecule has 4 heteroatoms. The van der Waals surface area contributed by atoms with Gasteiger partial charge in [0.25, 0.3) is 0 Å². The number of hydrogen-bond donors (Lipinski definition) is 0. The quantitative estimate of drug-likeness (QED) is 0.781. The van der Waals surface area contributed by atoms with Gasteiger partial charge in [0, 0.05) is 29.6 Å². The first-order chi connectivity index (χ1) is 8.35. The van der Waals surface area contributed by atoms with Crippen molar-refractivity contribution < 1.29 is 4.79 Å². The first-order valence-electron chi connectivity index (χ1n) is 5.89. The van der Waals surface area contributed by atoms with Crippen molar-refractivity contribution in [1.82, 2.24) is 9.38 Å². The fourth-order valence-corrected chi connectivity index (χ4v) is 3.55. The SMILES string of the molecule is O=Cc1ccn2cc(CC3CCCS3)nc2c1. The third-order valence-corrected chi connectivity index (χ3v) is 4.53. The molecule has 0 aliphatic carbocycles. The standard InChI is InChI=1S/C13H14N2OS/c16-9-10-3-4-15-8-11(14-13(15)6-10)7-12-2-1-5-17-12/h3-4,6,8-9,12H,1-2,5,7H2. The smallest absolute Gasteiger partial charge is 0.150 e. The molecule has 1 fully saturated rings. The van der Waals surface area contributed by atoms with Crippen LogP contribution in [0.1, 0.15) is 28.9 Å². The van der Waals surface area contributed by atoms with Crippen molar-refractivity contribution in [2.24, 2.45) is 0 Å². The molecule has 3 heterocycles. The lowest BCUT2D eigenvalue weighted by Crippen LogP contribution is -2.01. The second-order valence-electron chi connectivity index (χ2n) is 4.41. The molecule has 0 aromatic carbocycles. The second-order valence-corrected chi connectivity index (χ2v) is 5.82. The van der Waals surface area contributed by atoms with Crippen LogP contribution in [0.15, 0.2) is 24.5 Å². The molecule has 0 saturated carbocycles. The van der Waals surface area contributed by atoms with E-state index in [0.717, 1.165) is 29.3 Å². The monoisotopic (exact) mass is 246 g/mol. The highest BCUT2D eigenvalue weighted by molar-refractivity contribution is 8.00. The Balaban J connectivity index is 1.87. The zero-order valence-electron chi connectivity index (χ0n) is 9.50. The molecule has 0 N–H and O–H groups in total. The van der Waals surface area contributed by atoms with Gasteiger partial charge in [-0.05, 0) is 30.7 Å². The third kappa shape index (κ3) is 2.22. The molecule has 1 unspecified atom stereocenters. The minimum absolute atomic E-state index is 0.685. The summed E-state index contributed by atoms with van der Waals surface area (Å²) in [5.41, 5.74) is 2.69. The molecule has 0 bridgehead atoms. The van der Waals surface area contributed by atoms with Gasteiger partial charge in [0.15, 0.2) is 0 Å². The van der Waals surface area contributed by atoms with Crippen LogP contribution in [0.4, 0.5) is 0 Å². The highest BCUT2D eigenvalue weighted by Gasteiger charge is 2.17. The molecular weight excluding hydrogens is 232 g/mol. The van der Waals surface area contributed by atoms with Crippen molar-refractivity contribution in [3.8, 4) is 0 Å². The highest BCUT2D eigenvalue weighted by Crippen LogP contribution is 2.28. The number of carbonyl (C=O) groups excluding carboxylic acids is 1. The van der Waals surface area contributed by atoms with Crippen molar-refractivity contribution in [2.45, 2.75) is 24.5 Å². The van der Waals surface area contributed by atoms with Gasteiger partial charge in [-0.3, -0.25) is 4.79 Å². The fraction of sp³-hybridized carbons (Fsp3) is 0.385. The van der Waals surface area contributed by atoms with Crippen LogP contribution in [-0.4, -0.2) is 26.7 Å². The average Bonchev–Trinajstić information content (AvgIpc) is 2.96. The Kier molecular flexibility index (Phi) is 2.89. The molecule has 1 saturated heterocycles. The normalized spacial score (nSPS) is 19.9. The minimum atomic E-state index is 0.685. The van der Waals surface area contributed by atoms with Crippen molar-refractivity contribution in [3.05, 3.63) is 35.8 Å². The van der Waals surface area contributed by atoms with Gasteiger partial charge < -0.3 is 4.40 Å². The Bertz CT molecular complexity index is 543. The van der Waals surface area contributed by atoms with Gasteiger partial charge in [0.05, 0.1) is 5.69 Å². The summed E-state index contributed by atoms with van der Waals surface area (Å²) >= 11 is 2.05. The van der Waals surface area contributed by atoms with Crippen LogP contribution in [0.3, 0.4) is 0 Å². The Morgan fingerprint density at radius 1 is 1.59 bits per heavy atom. The van der Waals surface area contributed by atoms with Crippen LogP contribution in [0, 0.1) is 0 Å². The summed E-state index contributed by atoms with van der Waals surface area (Å²) in [5, 5.41) is 0.727. The third-order valence-electron chi connectivity index (χ3n) is 3.13. The van der Waals surface area contributed by atoms with Gasteiger partial charge in [-0.2, -0.15) is 11.8 Å². The van der Waals surface area contributed by atoms with Crippen LogP contribution in [0.5, 0.6) is 0 Å². The molecule has 3 rings (SSSR count). The molecule has 1 aliphatic rings. The molecule has 1 atom stereocenters. The van der Waals surface area contributed by atoms with E-state index in [1.54, 1.807) is 0 Å². The zero-order valence-corrected chi connectivity index (χ0v) is 10.3. The number of pyridine rings is 1. The van der Waals surface area contributed by atoms with Crippen LogP contribution >= 0.6 is 11.8 Å². The first-order valence-corrected chi connectivity index (χ1v) is 6.94. The van der Waals surface area contributed by atoms with Gasteiger partial charge in [-0.15, -0.1) is 0 Å². The summed E-state index contributed by atoms with van der Waals surface area (Å²) in [7, 11) is 0. The number of nitrogens with zero attached hydrogens (tertiary/aromatic N) is 2. The molecule has 88 valence electrons. The lowest BCUT2D eigenvalue weighted by molar-refractivity contribution is 0.112. The van der Waals surface area contributed by atoms with E-state index < -0.39 is 0 Å². The lowest BCUT2D eigenvalue weighted by atomic mass is 10.2. The molecule has 0 spiro atoms. The molecule has 1 aliphatic heterocycles. The molecule has 2 aromatic heterocycles. The predicted octanol–water partition coefficient (Wildman–Crippen LogP) is 2.58. The van der Waals surface area contributed by atoms with Crippen LogP contribution in [0.25, 0.3) is 5.65 Å². The van der Waals surface area contributed by atoms with Crippen molar-refractivity contribution in [1.29, 1.82) is 0 Å². The Morgan fingerprint density at radius 2 is 2.53 bits per heavy atom. The van der Waals surface area contributed by atoms with Crippen LogP contribution in [0.2, 0.25) is 0 Å². The zero-order chi connectivity index (χ0) is 11.7. The van der Waals surface area contributed by atoms with Gasteiger partial charge in [-0.1, -0.05) is 0 Å². The molecule has 3 nitrogen and oxygen atoms in total. The maximum Gasteiger partial charge on any atom is 0.150 e. The summed E-state index contributed by atoms with van der Waals surface area (Å²) in [6.07, 6.45) is 8.51. The summed E-state index contributed by atoms with van der Waals surface area (Å²) in [4.78, 5) is 15.3. The highest BCUT2D eigenvalue weighted by atomic mass is 32.2. The average molecular weight is 246 g/mol. The first kappa shape index (κ1) is 10.8. The van der Waals surface area contributed by atoms with Gasteiger partial charge in [0.2, 0.25) is 0 Å². The molecule has 0 amide bonds. The number of fused-ring (bicyclic) bond motifs is 1. The fourth-order valence-electron chi connectivity index (χ4n) is 2.26. The van der Waals surface area contributed by atoms with Crippen LogP contribution < -0.4 is 0 Å². The number of imidazole rings is 1. The Labute approximate surface area is 104 Å². The molecule has 0 radical (unpaired) electrons. The van der Waals surface area contributed by atoms with E-state index in [1.807, 2.05) is 34.5 Å². The van der Waals surface area contributed by atoms with Gasteiger partial charge in [-0.25, -0.2) is 4.98 Å². The van der Waals surface area contributed by atoms with E-state index >= 15 is 0 Å². The van der Waals surface area contributed by atoms with E-state index in [4.69, 9.17) is 0 Å². The van der Waals surface area contributed by atoms with E-state index in [2.05, 4.69) is 11.2 Å². The van der Waals surface area contributed by atoms with Gasteiger partial charge in [0.1, 0.15) is 11.9 Å². The molecular formula is C13H14N2OS. The maximum absolute atomic E-state index is 10.7. The maximum atomic E-state index is 10.7. The Morgan fingerprint density at radius 3 is 3.29 bits per heavy atom. The predicted molar refractivity (Wildman–Crippen MR) is 69.8 cm³/mol. The minimum Gasteiger partial charge on any atom is -0.307 e. The van der Waals surface area contributed by atoms with Crippen molar-refractivity contribution in [2.75, 3.05) is 5.75 Å². The number of carbonyl (C=O) groups is 1. The second kappa shape index (κ2) is 4.53. The van der Waals surface area contributed by atoms with Gasteiger partial charge >= 0.3 is 0 Å². The van der Waals surface area contributed by atoms with E-state index in [1.165, 1.54) is 18.6 Å². The number of aldehydes is 1. The van der Waals surface area contributed by atoms with Crippen molar-refractivity contribution in [3.63, 3.8) is 0 Å². The van der Waals surface area contributed by atoms with Crippen LogP contribution in [-0.2, 0) is 6.42 Å². The lowest BCUT2D eigenvalue weighted by Gasteiger charge is -2.03. The van der Waals surface area contributed by atoms with Crippen molar-refractivity contribution >= 4 is 23.7 Å².